The summed E-state index contributed by atoms with van der Waals surface area (Å²) < 4.78 is 13.6. The van der Waals surface area contributed by atoms with Crippen LogP contribution in [0.5, 0.6) is 0 Å². The lowest BCUT2D eigenvalue weighted by Crippen LogP contribution is -2.05. The number of benzene rings is 1. The molecule has 2 unspecified atom stereocenters. The topological polar surface area (TPSA) is 0 Å². The second kappa shape index (κ2) is 5.11. The lowest BCUT2D eigenvalue weighted by molar-refractivity contribution is 0.541. The average molecular weight is 271 g/mol. The van der Waals surface area contributed by atoms with Crippen molar-refractivity contribution in [3.8, 4) is 0 Å². The fraction of sp³-hybridized carbons (Fsp3) is 0.538. The Bertz CT molecular complexity index is 324. The SMILES string of the molecule is Fc1ccccc1C1CCCCC(Br)C1. The van der Waals surface area contributed by atoms with Gasteiger partial charge in [-0.25, -0.2) is 4.39 Å². The maximum Gasteiger partial charge on any atom is 0.126 e. The molecule has 0 saturated heterocycles. The Kier molecular flexibility index (Phi) is 3.79. The molecule has 1 aliphatic carbocycles. The van der Waals surface area contributed by atoms with E-state index in [0.29, 0.717) is 10.7 Å². The molecule has 0 amide bonds. The molecule has 1 aromatic rings. The van der Waals surface area contributed by atoms with Crippen LogP contribution in [0.4, 0.5) is 4.39 Å². The van der Waals surface area contributed by atoms with E-state index in [0.717, 1.165) is 18.4 Å². The minimum atomic E-state index is -0.0379. The first-order valence-electron chi connectivity index (χ1n) is 5.66. The van der Waals surface area contributed by atoms with Gasteiger partial charge in [-0.2, -0.15) is 0 Å². The Morgan fingerprint density at radius 2 is 1.87 bits per heavy atom. The molecule has 1 saturated carbocycles. The molecule has 2 rings (SSSR count). The van der Waals surface area contributed by atoms with Crippen molar-refractivity contribution in [3.63, 3.8) is 0 Å². The summed E-state index contributed by atoms with van der Waals surface area (Å²) in [7, 11) is 0. The van der Waals surface area contributed by atoms with Gasteiger partial charge in [-0.15, -0.1) is 0 Å². The first kappa shape index (κ1) is 11.1. The Morgan fingerprint density at radius 1 is 1.13 bits per heavy atom. The fourth-order valence-electron chi connectivity index (χ4n) is 2.39. The van der Waals surface area contributed by atoms with Crippen molar-refractivity contribution in [2.45, 2.75) is 42.8 Å². The summed E-state index contributed by atoms with van der Waals surface area (Å²) in [6, 6.07) is 7.21. The number of rotatable bonds is 1. The fourth-order valence-corrected chi connectivity index (χ4v) is 3.16. The third-order valence-electron chi connectivity index (χ3n) is 3.21. The molecule has 0 bridgehead atoms. The molecule has 1 aliphatic rings. The van der Waals surface area contributed by atoms with Crippen LogP contribution in [-0.2, 0) is 0 Å². The molecule has 0 aliphatic heterocycles. The van der Waals surface area contributed by atoms with Crippen molar-refractivity contribution < 1.29 is 4.39 Å². The average Bonchev–Trinajstić information content (AvgIpc) is 2.43. The number of alkyl halides is 1. The predicted octanol–water partition coefficient (Wildman–Crippen LogP) is 4.64. The summed E-state index contributed by atoms with van der Waals surface area (Å²) in [6.45, 7) is 0. The Hall–Kier alpha value is -0.370. The van der Waals surface area contributed by atoms with Gasteiger partial charge >= 0.3 is 0 Å². The van der Waals surface area contributed by atoms with Crippen molar-refractivity contribution in [1.82, 2.24) is 0 Å². The van der Waals surface area contributed by atoms with Crippen molar-refractivity contribution in [2.24, 2.45) is 0 Å². The summed E-state index contributed by atoms with van der Waals surface area (Å²) in [5.74, 6) is 0.363. The number of hydrogen-bond donors (Lipinski definition) is 0. The molecule has 1 aromatic carbocycles. The van der Waals surface area contributed by atoms with Crippen molar-refractivity contribution in [2.75, 3.05) is 0 Å². The third kappa shape index (κ3) is 2.81. The van der Waals surface area contributed by atoms with Crippen LogP contribution in [0.25, 0.3) is 0 Å². The Labute approximate surface area is 99.0 Å². The van der Waals surface area contributed by atoms with E-state index in [1.54, 1.807) is 12.1 Å². The molecule has 82 valence electrons. The van der Waals surface area contributed by atoms with E-state index in [9.17, 15) is 4.39 Å². The first-order chi connectivity index (χ1) is 7.27. The van der Waals surface area contributed by atoms with Gasteiger partial charge in [0.15, 0.2) is 0 Å². The monoisotopic (exact) mass is 270 g/mol. The van der Waals surface area contributed by atoms with Crippen LogP contribution in [0.1, 0.15) is 43.6 Å². The summed E-state index contributed by atoms with van der Waals surface area (Å²) in [5.41, 5.74) is 0.906. The number of hydrogen-bond acceptors (Lipinski definition) is 0. The summed E-state index contributed by atoms with van der Waals surface area (Å²) >= 11 is 3.68. The van der Waals surface area contributed by atoms with Gasteiger partial charge in [0, 0.05) is 4.83 Å². The van der Waals surface area contributed by atoms with E-state index in [-0.39, 0.29) is 5.82 Å². The normalized spacial score (nSPS) is 27.3. The first-order valence-corrected chi connectivity index (χ1v) is 6.57. The number of halogens is 2. The largest absolute Gasteiger partial charge is 0.207 e. The van der Waals surface area contributed by atoms with E-state index in [1.165, 1.54) is 19.3 Å². The molecule has 0 radical (unpaired) electrons. The molecule has 0 spiro atoms. The highest BCUT2D eigenvalue weighted by molar-refractivity contribution is 9.09. The van der Waals surface area contributed by atoms with Gasteiger partial charge in [0.2, 0.25) is 0 Å². The smallest absolute Gasteiger partial charge is 0.126 e. The van der Waals surface area contributed by atoms with Crippen molar-refractivity contribution in [1.29, 1.82) is 0 Å². The molecule has 15 heavy (non-hydrogen) atoms. The Balaban J connectivity index is 2.18. The van der Waals surface area contributed by atoms with E-state index in [1.807, 2.05) is 12.1 Å². The molecule has 0 nitrogen and oxygen atoms in total. The molecule has 0 heterocycles. The molecular formula is C13H16BrF. The van der Waals surface area contributed by atoms with Crippen LogP contribution >= 0.6 is 15.9 Å². The maximum atomic E-state index is 13.6. The van der Waals surface area contributed by atoms with Gasteiger partial charge in [0.25, 0.3) is 0 Å². The second-order valence-corrected chi connectivity index (χ2v) is 5.63. The van der Waals surface area contributed by atoms with Crippen molar-refractivity contribution >= 4 is 15.9 Å². The quantitative estimate of drug-likeness (QED) is 0.515. The second-order valence-electron chi connectivity index (χ2n) is 4.34. The minimum absolute atomic E-state index is 0.0379. The molecule has 0 aromatic heterocycles. The van der Waals surface area contributed by atoms with E-state index in [2.05, 4.69) is 15.9 Å². The third-order valence-corrected chi connectivity index (χ3v) is 4.04. The summed E-state index contributed by atoms with van der Waals surface area (Å²) in [4.78, 5) is 0.560. The molecular weight excluding hydrogens is 255 g/mol. The highest BCUT2D eigenvalue weighted by atomic mass is 79.9. The zero-order chi connectivity index (χ0) is 10.7. The molecule has 0 N–H and O–H groups in total. The van der Waals surface area contributed by atoms with E-state index >= 15 is 0 Å². The van der Waals surface area contributed by atoms with Gasteiger partial charge in [-0.05, 0) is 36.8 Å². The van der Waals surface area contributed by atoms with Crippen LogP contribution in [-0.4, -0.2) is 4.83 Å². The molecule has 2 atom stereocenters. The zero-order valence-corrected chi connectivity index (χ0v) is 10.3. The maximum absolute atomic E-state index is 13.6. The zero-order valence-electron chi connectivity index (χ0n) is 8.76. The van der Waals surface area contributed by atoms with Crippen LogP contribution in [0.2, 0.25) is 0 Å². The van der Waals surface area contributed by atoms with Crippen LogP contribution < -0.4 is 0 Å². The standard InChI is InChI=1S/C13H16BrF/c14-11-6-2-1-5-10(9-11)12-7-3-4-8-13(12)15/h3-4,7-8,10-11H,1-2,5-6,9H2. The van der Waals surface area contributed by atoms with Crippen LogP contribution in [0, 0.1) is 5.82 Å². The van der Waals surface area contributed by atoms with Crippen LogP contribution in [0.15, 0.2) is 24.3 Å². The van der Waals surface area contributed by atoms with Crippen LogP contribution in [0.3, 0.4) is 0 Å². The lowest BCUT2D eigenvalue weighted by Gasteiger charge is -2.17. The van der Waals surface area contributed by atoms with E-state index in [4.69, 9.17) is 0 Å². The lowest BCUT2D eigenvalue weighted by atomic mass is 9.91. The molecule has 1 fully saturated rings. The minimum Gasteiger partial charge on any atom is -0.207 e. The summed E-state index contributed by atoms with van der Waals surface area (Å²) in [5, 5.41) is 0. The van der Waals surface area contributed by atoms with Gasteiger partial charge in [0.1, 0.15) is 5.82 Å². The van der Waals surface area contributed by atoms with E-state index < -0.39 is 0 Å². The Morgan fingerprint density at radius 3 is 2.67 bits per heavy atom. The van der Waals surface area contributed by atoms with Gasteiger partial charge in [-0.3, -0.25) is 0 Å². The highest BCUT2D eigenvalue weighted by Crippen LogP contribution is 2.35. The van der Waals surface area contributed by atoms with Gasteiger partial charge < -0.3 is 0 Å². The van der Waals surface area contributed by atoms with Gasteiger partial charge in [0.05, 0.1) is 0 Å². The van der Waals surface area contributed by atoms with Crippen molar-refractivity contribution in [3.05, 3.63) is 35.6 Å². The highest BCUT2D eigenvalue weighted by Gasteiger charge is 2.21. The predicted molar refractivity (Wildman–Crippen MR) is 64.9 cm³/mol. The summed E-state index contributed by atoms with van der Waals surface area (Å²) in [6.07, 6.45) is 5.91. The molecule has 2 heteroatoms. The van der Waals surface area contributed by atoms with Gasteiger partial charge in [-0.1, -0.05) is 47.0 Å².